The number of ether oxygens (including phenoxy) is 2. The minimum Gasteiger partial charge on any atom is -0.462 e. The van der Waals surface area contributed by atoms with Gasteiger partial charge in [-0.1, -0.05) is 24.3 Å². The lowest BCUT2D eigenvalue weighted by Gasteiger charge is -2.13. The van der Waals surface area contributed by atoms with E-state index in [1.807, 2.05) is 18.2 Å². The second-order valence-electron chi connectivity index (χ2n) is 4.77. The zero-order valence-electron chi connectivity index (χ0n) is 10.5. The van der Waals surface area contributed by atoms with Crippen LogP contribution in [0.3, 0.4) is 0 Å². The van der Waals surface area contributed by atoms with E-state index in [-0.39, 0.29) is 6.10 Å². The van der Waals surface area contributed by atoms with E-state index in [9.17, 15) is 0 Å². The highest BCUT2D eigenvalue weighted by Gasteiger charge is 2.17. The van der Waals surface area contributed by atoms with Crippen LogP contribution in [0.2, 0.25) is 0 Å². The van der Waals surface area contributed by atoms with Crippen molar-refractivity contribution in [2.45, 2.75) is 31.8 Å². The number of allylic oxidation sites excluding steroid dienone is 4. The van der Waals surface area contributed by atoms with Gasteiger partial charge in [0.1, 0.15) is 11.5 Å². The first-order valence-corrected chi connectivity index (χ1v) is 6.67. The third-order valence-corrected chi connectivity index (χ3v) is 3.41. The molecular formula is C16H18O2. The van der Waals surface area contributed by atoms with Crippen LogP contribution in [0.15, 0.2) is 48.3 Å². The summed E-state index contributed by atoms with van der Waals surface area (Å²) < 4.78 is 11.5. The molecule has 0 aromatic heterocycles. The molecule has 0 spiro atoms. The minimum absolute atomic E-state index is 0.288. The summed E-state index contributed by atoms with van der Waals surface area (Å²) in [4.78, 5) is 0. The van der Waals surface area contributed by atoms with Crippen LogP contribution in [0.1, 0.15) is 37.4 Å². The van der Waals surface area contributed by atoms with Gasteiger partial charge in [0.15, 0.2) is 0 Å². The smallest absolute Gasteiger partial charge is 0.126 e. The van der Waals surface area contributed by atoms with Gasteiger partial charge in [-0.05, 0) is 43.0 Å². The molecule has 0 saturated carbocycles. The van der Waals surface area contributed by atoms with Crippen molar-refractivity contribution in [3.63, 3.8) is 0 Å². The molecule has 1 aliphatic carbocycles. The molecular weight excluding hydrogens is 224 g/mol. The SMILES string of the molecule is C1=CCCC(Oc2ccc(C3CCCO3)cc2)=C1. The quantitative estimate of drug-likeness (QED) is 0.792. The van der Waals surface area contributed by atoms with Gasteiger partial charge in [-0.2, -0.15) is 0 Å². The van der Waals surface area contributed by atoms with E-state index in [0.717, 1.165) is 37.4 Å². The Bertz CT molecular complexity index is 450. The van der Waals surface area contributed by atoms with Crippen LogP contribution in [-0.2, 0) is 4.74 Å². The molecule has 1 atom stereocenters. The fraction of sp³-hybridized carbons (Fsp3) is 0.375. The monoisotopic (exact) mass is 242 g/mol. The van der Waals surface area contributed by atoms with E-state index in [2.05, 4.69) is 24.3 Å². The van der Waals surface area contributed by atoms with Gasteiger partial charge in [-0.3, -0.25) is 0 Å². The highest BCUT2D eigenvalue weighted by Crippen LogP contribution is 2.30. The van der Waals surface area contributed by atoms with E-state index in [4.69, 9.17) is 9.47 Å². The molecule has 94 valence electrons. The Labute approximate surface area is 108 Å². The lowest BCUT2D eigenvalue weighted by atomic mass is 10.1. The molecule has 1 fully saturated rings. The van der Waals surface area contributed by atoms with Gasteiger partial charge < -0.3 is 9.47 Å². The zero-order chi connectivity index (χ0) is 12.2. The van der Waals surface area contributed by atoms with Gasteiger partial charge in [0.25, 0.3) is 0 Å². The molecule has 1 saturated heterocycles. The van der Waals surface area contributed by atoms with Gasteiger partial charge >= 0.3 is 0 Å². The third-order valence-electron chi connectivity index (χ3n) is 3.41. The molecule has 0 radical (unpaired) electrons. The maximum absolute atomic E-state index is 5.84. The summed E-state index contributed by atoms with van der Waals surface area (Å²) in [5, 5.41) is 0. The second kappa shape index (κ2) is 5.40. The first-order chi connectivity index (χ1) is 8.92. The second-order valence-corrected chi connectivity index (χ2v) is 4.77. The number of benzene rings is 1. The molecule has 0 N–H and O–H groups in total. The largest absolute Gasteiger partial charge is 0.462 e. The van der Waals surface area contributed by atoms with Crippen LogP contribution < -0.4 is 4.74 Å². The van der Waals surface area contributed by atoms with Gasteiger partial charge in [0, 0.05) is 13.0 Å². The molecule has 3 rings (SSSR count). The molecule has 0 amide bonds. The van der Waals surface area contributed by atoms with Crippen LogP contribution in [0, 0.1) is 0 Å². The molecule has 1 aliphatic heterocycles. The summed E-state index contributed by atoms with van der Waals surface area (Å²) in [5.41, 5.74) is 1.26. The van der Waals surface area contributed by atoms with Crippen molar-refractivity contribution in [1.82, 2.24) is 0 Å². The lowest BCUT2D eigenvalue weighted by Crippen LogP contribution is -1.98. The minimum atomic E-state index is 0.288. The van der Waals surface area contributed by atoms with Gasteiger partial charge in [-0.25, -0.2) is 0 Å². The van der Waals surface area contributed by atoms with Crippen molar-refractivity contribution in [2.75, 3.05) is 6.61 Å². The Morgan fingerprint density at radius 1 is 1.17 bits per heavy atom. The van der Waals surface area contributed by atoms with E-state index in [0.29, 0.717) is 0 Å². The fourth-order valence-corrected chi connectivity index (χ4v) is 2.41. The Kier molecular flexibility index (Phi) is 3.47. The molecule has 2 nitrogen and oxygen atoms in total. The zero-order valence-corrected chi connectivity index (χ0v) is 10.5. The molecule has 2 aliphatic rings. The summed E-state index contributed by atoms with van der Waals surface area (Å²) >= 11 is 0. The van der Waals surface area contributed by atoms with Gasteiger partial charge in [0.2, 0.25) is 0 Å². The average molecular weight is 242 g/mol. The molecule has 1 unspecified atom stereocenters. The van der Waals surface area contributed by atoms with E-state index in [1.165, 1.54) is 12.0 Å². The van der Waals surface area contributed by atoms with Gasteiger partial charge in [0.05, 0.1) is 6.10 Å². The summed E-state index contributed by atoms with van der Waals surface area (Å²) in [6.07, 6.45) is 10.9. The van der Waals surface area contributed by atoms with E-state index >= 15 is 0 Å². The molecule has 0 bridgehead atoms. The van der Waals surface area contributed by atoms with Crippen molar-refractivity contribution in [2.24, 2.45) is 0 Å². The first-order valence-electron chi connectivity index (χ1n) is 6.67. The Hall–Kier alpha value is -1.54. The van der Waals surface area contributed by atoms with Crippen molar-refractivity contribution in [3.05, 3.63) is 53.8 Å². The normalized spacial score (nSPS) is 22.9. The summed E-state index contributed by atoms with van der Waals surface area (Å²) in [7, 11) is 0. The number of rotatable bonds is 3. The maximum atomic E-state index is 5.84. The third kappa shape index (κ3) is 2.65. The maximum Gasteiger partial charge on any atom is 0.126 e. The topological polar surface area (TPSA) is 18.5 Å². The molecule has 2 heteroatoms. The summed E-state index contributed by atoms with van der Waals surface area (Å²) in [6.45, 7) is 0.891. The van der Waals surface area contributed by atoms with Crippen LogP contribution in [0.5, 0.6) is 5.75 Å². The fourth-order valence-electron chi connectivity index (χ4n) is 2.41. The van der Waals surface area contributed by atoms with Crippen molar-refractivity contribution in [3.8, 4) is 5.75 Å². The predicted octanol–water partition coefficient (Wildman–Crippen LogP) is 4.15. The Morgan fingerprint density at radius 3 is 2.72 bits per heavy atom. The van der Waals surface area contributed by atoms with Crippen LogP contribution in [0.25, 0.3) is 0 Å². The average Bonchev–Trinajstić information content (AvgIpc) is 2.95. The first kappa shape index (κ1) is 11.5. The Morgan fingerprint density at radius 2 is 2.06 bits per heavy atom. The molecule has 1 aromatic carbocycles. The van der Waals surface area contributed by atoms with Crippen LogP contribution in [0.4, 0.5) is 0 Å². The molecule has 1 aromatic rings. The Balaban J connectivity index is 1.67. The highest BCUT2D eigenvalue weighted by molar-refractivity contribution is 5.31. The van der Waals surface area contributed by atoms with E-state index < -0.39 is 0 Å². The van der Waals surface area contributed by atoms with Crippen LogP contribution >= 0.6 is 0 Å². The van der Waals surface area contributed by atoms with Crippen molar-refractivity contribution < 1.29 is 9.47 Å². The number of hydrogen-bond acceptors (Lipinski definition) is 2. The lowest BCUT2D eigenvalue weighted by molar-refractivity contribution is 0.112. The number of hydrogen-bond donors (Lipinski definition) is 0. The standard InChI is InChI=1S/C16H18O2/c1-2-5-14(6-3-1)18-15-10-8-13(9-11-15)16-7-4-12-17-16/h1-2,5,8-11,16H,3-4,6-7,12H2. The summed E-state index contributed by atoms with van der Waals surface area (Å²) in [6, 6.07) is 8.31. The molecule has 18 heavy (non-hydrogen) atoms. The molecule has 1 heterocycles. The predicted molar refractivity (Wildman–Crippen MR) is 71.5 cm³/mol. The van der Waals surface area contributed by atoms with Gasteiger partial charge in [-0.15, -0.1) is 0 Å². The highest BCUT2D eigenvalue weighted by atomic mass is 16.5. The van der Waals surface area contributed by atoms with Crippen LogP contribution in [-0.4, -0.2) is 6.61 Å². The summed E-state index contributed by atoms with van der Waals surface area (Å²) in [5.74, 6) is 1.96. The van der Waals surface area contributed by atoms with Crippen molar-refractivity contribution >= 4 is 0 Å². The van der Waals surface area contributed by atoms with Crippen molar-refractivity contribution in [1.29, 1.82) is 0 Å². The van der Waals surface area contributed by atoms with E-state index in [1.54, 1.807) is 0 Å².